The molecular weight excluding hydrogens is 264 g/mol. The van der Waals surface area contributed by atoms with Crippen molar-refractivity contribution in [1.29, 1.82) is 0 Å². The van der Waals surface area contributed by atoms with Crippen LogP contribution in [0.5, 0.6) is 12.0 Å². The number of carboxylic acid groups (broad SMARTS) is 1. The minimum absolute atomic E-state index is 0.0471. The lowest BCUT2D eigenvalue weighted by Crippen LogP contribution is -2.33. The Bertz CT molecular complexity index is 606. The largest absolute Gasteiger partial charge is 0.467 e. The van der Waals surface area contributed by atoms with Crippen LogP contribution in [0.4, 0.5) is 10.5 Å². The number of nitrogens with zero attached hydrogens (tertiary/aromatic N) is 4. The van der Waals surface area contributed by atoms with E-state index in [-0.39, 0.29) is 12.0 Å². The zero-order valence-corrected chi connectivity index (χ0v) is 10.8. The number of benzene rings is 1. The van der Waals surface area contributed by atoms with E-state index in [4.69, 9.17) is 9.57 Å². The molecule has 2 rings (SSSR count). The number of methoxy groups -OCH3 is 1. The summed E-state index contributed by atoms with van der Waals surface area (Å²) in [6.07, 6.45) is -1.30. The Morgan fingerprint density at radius 1 is 1.15 bits per heavy atom. The van der Waals surface area contributed by atoms with Gasteiger partial charge in [0.05, 0.1) is 12.8 Å². The number of aryl methyl sites for hydroxylation is 1. The van der Waals surface area contributed by atoms with Gasteiger partial charge in [-0.3, -0.25) is 0 Å². The zero-order chi connectivity index (χ0) is 14.5. The Labute approximate surface area is 114 Å². The lowest BCUT2D eigenvalue weighted by Gasteiger charge is -2.17. The number of hydrogen-bond acceptors (Lipinski definition) is 6. The Morgan fingerprint density at radius 3 is 2.40 bits per heavy atom. The number of hydroxylamine groups is 1. The van der Waals surface area contributed by atoms with Crippen LogP contribution in [-0.4, -0.2) is 33.3 Å². The highest BCUT2D eigenvalue weighted by atomic mass is 16.7. The number of carbonyl (C=O) groups is 1. The predicted octanol–water partition coefficient (Wildman–Crippen LogP) is 1.67. The fourth-order valence-corrected chi connectivity index (χ4v) is 1.41. The highest BCUT2D eigenvalue weighted by Crippen LogP contribution is 2.17. The summed E-state index contributed by atoms with van der Waals surface area (Å²) < 4.78 is 4.88. The van der Waals surface area contributed by atoms with Crippen LogP contribution in [0.1, 0.15) is 5.82 Å². The van der Waals surface area contributed by atoms with E-state index < -0.39 is 6.09 Å². The molecule has 104 valence electrons. The van der Waals surface area contributed by atoms with Crippen molar-refractivity contribution < 1.29 is 19.5 Å². The molecule has 0 radical (unpaired) electrons. The van der Waals surface area contributed by atoms with E-state index in [0.29, 0.717) is 16.6 Å². The van der Waals surface area contributed by atoms with Crippen molar-refractivity contribution in [3.63, 3.8) is 0 Å². The van der Waals surface area contributed by atoms with E-state index in [1.54, 1.807) is 37.3 Å². The van der Waals surface area contributed by atoms with Gasteiger partial charge in [-0.2, -0.15) is 9.97 Å². The first-order chi connectivity index (χ1) is 9.60. The normalized spacial score (nSPS) is 9.90. The molecule has 2 aromatic rings. The van der Waals surface area contributed by atoms with E-state index >= 15 is 0 Å². The van der Waals surface area contributed by atoms with Crippen molar-refractivity contribution in [2.24, 2.45) is 0 Å². The second-order valence-corrected chi connectivity index (χ2v) is 3.66. The second kappa shape index (κ2) is 5.83. The van der Waals surface area contributed by atoms with Crippen LogP contribution < -0.4 is 14.6 Å². The van der Waals surface area contributed by atoms with E-state index in [1.165, 1.54) is 7.11 Å². The summed E-state index contributed by atoms with van der Waals surface area (Å²) in [5, 5.41) is 9.84. The molecule has 0 saturated heterocycles. The molecule has 1 aromatic carbocycles. The number of rotatable bonds is 4. The van der Waals surface area contributed by atoms with Crippen molar-refractivity contribution >= 4 is 11.8 Å². The highest BCUT2D eigenvalue weighted by Gasteiger charge is 2.19. The smallest absolute Gasteiger partial charge is 0.445 e. The maximum atomic E-state index is 11.2. The summed E-state index contributed by atoms with van der Waals surface area (Å²) in [6, 6.07) is 8.19. The molecule has 0 aliphatic carbocycles. The summed E-state index contributed by atoms with van der Waals surface area (Å²) in [7, 11) is 1.39. The Balaban J connectivity index is 2.29. The summed E-state index contributed by atoms with van der Waals surface area (Å²) in [6.45, 7) is 1.62. The molecule has 0 saturated carbocycles. The van der Waals surface area contributed by atoms with Crippen LogP contribution in [0, 0.1) is 6.92 Å². The molecule has 0 aliphatic heterocycles. The van der Waals surface area contributed by atoms with E-state index in [9.17, 15) is 9.90 Å². The Hall–Kier alpha value is -2.90. The fraction of sp³-hybridized carbons (Fsp3) is 0.167. The third kappa shape index (κ3) is 3.10. The monoisotopic (exact) mass is 276 g/mol. The van der Waals surface area contributed by atoms with Crippen LogP contribution in [0.3, 0.4) is 0 Å². The molecule has 0 unspecified atom stereocenters. The van der Waals surface area contributed by atoms with Crippen molar-refractivity contribution in [2.45, 2.75) is 6.92 Å². The molecule has 20 heavy (non-hydrogen) atoms. The van der Waals surface area contributed by atoms with Gasteiger partial charge in [0.15, 0.2) is 0 Å². The summed E-state index contributed by atoms with van der Waals surface area (Å²) in [5.74, 6) is 0.352. The van der Waals surface area contributed by atoms with Gasteiger partial charge in [0.2, 0.25) is 0 Å². The number of aromatic nitrogens is 3. The number of ether oxygens (including phenoxy) is 1. The quantitative estimate of drug-likeness (QED) is 0.848. The first-order valence-corrected chi connectivity index (χ1v) is 5.63. The van der Waals surface area contributed by atoms with Crippen molar-refractivity contribution in [1.82, 2.24) is 15.0 Å². The van der Waals surface area contributed by atoms with Gasteiger partial charge < -0.3 is 14.7 Å². The maximum Gasteiger partial charge on any atom is 0.445 e. The fourth-order valence-electron chi connectivity index (χ4n) is 1.41. The lowest BCUT2D eigenvalue weighted by molar-refractivity contribution is 0.163. The molecule has 0 spiro atoms. The number of hydrogen-bond donors (Lipinski definition) is 1. The second-order valence-electron chi connectivity index (χ2n) is 3.66. The van der Waals surface area contributed by atoms with Crippen LogP contribution >= 0.6 is 0 Å². The van der Waals surface area contributed by atoms with E-state index in [0.717, 1.165) is 0 Å². The van der Waals surface area contributed by atoms with Gasteiger partial charge in [-0.1, -0.05) is 18.2 Å². The molecule has 0 bridgehead atoms. The van der Waals surface area contributed by atoms with Gasteiger partial charge in [-0.15, -0.1) is 10.0 Å². The van der Waals surface area contributed by atoms with Gasteiger partial charge in [0, 0.05) is 0 Å². The SMILES string of the molecule is COc1nc(C)nc(ON(C(=O)O)c2ccccc2)n1. The molecule has 0 aliphatic rings. The van der Waals surface area contributed by atoms with Gasteiger partial charge in [0.1, 0.15) is 5.82 Å². The molecule has 1 N–H and O–H groups in total. The van der Waals surface area contributed by atoms with Crippen molar-refractivity contribution in [2.75, 3.05) is 12.2 Å². The van der Waals surface area contributed by atoms with Crippen molar-refractivity contribution in [3.8, 4) is 12.0 Å². The van der Waals surface area contributed by atoms with Gasteiger partial charge >= 0.3 is 18.1 Å². The number of anilines is 1. The van der Waals surface area contributed by atoms with Crippen molar-refractivity contribution in [3.05, 3.63) is 36.2 Å². The summed E-state index contributed by atoms with van der Waals surface area (Å²) in [5.41, 5.74) is 0.331. The standard InChI is InChI=1S/C12H12N4O4/c1-8-13-10(19-2)15-11(14-8)20-16(12(17)18)9-6-4-3-5-7-9/h3-7H,1-2H3,(H,17,18). The summed E-state index contributed by atoms with van der Waals surface area (Å²) >= 11 is 0. The molecular formula is C12H12N4O4. The molecule has 0 atom stereocenters. The molecule has 1 heterocycles. The maximum absolute atomic E-state index is 11.2. The minimum Gasteiger partial charge on any atom is -0.467 e. The average Bonchev–Trinajstić information content (AvgIpc) is 2.44. The topological polar surface area (TPSA) is 97.7 Å². The van der Waals surface area contributed by atoms with E-state index in [1.807, 2.05) is 0 Å². The van der Waals surface area contributed by atoms with Crippen LogP contribution in [-0.2, 0) is 0 Å². The van der Waals surface area contributed by atoms with Gasteiger partial charge in [0.25, 0.3) is 0 Å². The van der Waals surface area contributed by atoms with Crippen LogP contribution in [0.15, 0.2) is 30.3 Å². The molecule has 0 fully saturated rings. The number of para-hydroxylation sites is 1. The molecule has 1 amide bonds. The van der Waals surface area contributed by atoms with Crippen LogP contribution in [0.2, 0.25) is 0 Å². The lowest BCUT2D eigenvalue weighted by atomic mass is 10.3. The van der Waals surface area contributed by atoms with Crippen LogP contribution in [0.25, 0.3) is 0 Å². The zero-order valence-electron chi connectivity index (χ0n) is 10.8. The molecule has 8 heteroatoms. The first-order valence-electron chi connectivity index (χ1n) is 5.63. The highest BCUT2D eigenvalue weighted by molar-refractivity contribution is 5.83. The predicted molar refractivity (Wildman–Crippen MR) is 68.7 cm³/mol. The Morgan fingerprint density at radius 2 is 1.80 bits per heavy atom. The first kappa shape index (κ1) is 13.5. The molecule has 1 aromatic heterocycles. The number of amides is 1. The van der Waals surface area contributed by atoms with Gasteiger partial charge in [-0.25, -0.2) is 4.79 Å². The minimum atomic E-state index is -1.30. The average molecular weight is 276 g/mol. The Kier molecular flexibility index (Phi) is 3.94. The van der Waals surface area contributed by atoms with E-state index in [2.05, 4.69) is 15.0 Å². The summed E-state index contributed by atoms with van der Waals surface area (Å²) in [4.78, 5) is 28.0. The van der Waals surface area contributed by atoms with Gasteiger partial charge in [-0.05, 0) is 19.1 Å². The third-order valence-electron chi connectivity index (χ3n) is 2.23. The third-order valence-corrected chi connectivity index (χ3v) is 2.23. The molecule has 8 nitrogen and oxygen atoms in total.